The Kier molecular flexibility index (Phi) is 7.60. The van der Waals surface area contributed by atoms with Crippen LogP contribution in [0.15, 0.2) is 18.2 Å². The fourth-order valence-electron chi connectivity index (χ4n) is 3.47. The number of carbonyl (C=O) groups is 2. The Balaban J connectivity index is 1.92. The smallest absolute Gasteiger partial charge is 0.238 e. The average molecular weight is 410 g/mol. The van der Waals surface area contributed by atoms with Crippen molar-refractivity contribution < 1.29 is 18.0 Å². The van der Waals surface area contributed by atoms with Crippen molar-refractivity contribution in [2.24, 2.45) is 0 Å². The molecule has 28 heavy (non-hydrogen) atoms. The fourth-order valence-corrected chi connectivity index (χ4v) is 5.20. The summed E-state index contributed by atoms with van der Waals surface area (Å²) in [5, 5.41) is 2.89. The van der Waals surface area contributed by atoms with Crippen molar-refractivity contribution in [3.8, 4) is 0 Å². The molecule has 1 aromatic carbocycles. The number of aryl methyl sites for hydroxylation is 1. The van der Waals surface area contributed by atoms with Gasteiger partial charge in [-0.05, 0) is 50.9 Å². The zero-order chi connectivity index (χ0) is 20.9. The first-order chi connectivity index (χ1) is 13.1. The van der Waals surface area contributed by atoms with E-state index in [2.05, 4.69) is 5.32 Å². The molecule has 2 rings (SSSR count). The van der Waals surface area contributed by atoms with E-state index in [1.807, 2.05) is 39.0 Å². The summed E-state index contributed by atoms with van der Waals surface area (Å²) in [5.74, 6) is -0.144. The molecule has 0 bridgehead atoms. The predicted octanol–water partition coefficient (Wildman–Crippen LogP) is 1.60. The van der Waals surface area contributed by atoms with Gasteiger partial charge in [0.25, 0.3) is 0 Å². The lowest BCUT2D eigenvalue weighted by molar-refractivity contribution is -0.134. The van der Waals surface area contributed by atoms with Crippen molar-refractivity contribution in [2.45, 2.75) is 39.7 Å². The molecule has 2 amide bonds. The number of nitrogens with zero attached hydrogens (tertiary/aromatic N) is 2. The molecule has 7 nitrogen and oxygen atoms in total. The molecule has 1 saturated heterocycles. The number of carbonyl (C=O) groups excluding carboxylic acids is 2. The van der Waals surface area contributed by atoms with Gasteiger partial charge in [-0.15, -0.1) is 0 Å². The summed E-state index contributed by atoms with van der Waals surface area (Å²) < 4.78 is 23.5. The van der Waals surface area contributed by atoms with Gasteiger partial charge in [0.2, 0.25) is 11.8 Å². The van der Waals surface area contributed by atoms with E-state index in [9.17, 15) is 18.0 Å². The first-order valence-electron chi connectivity index (χ1n) is 9.67. The standard InChI is InChI=1S/C20H31N3O4S/c1-5-10-23(17-9-11-28(26,27)14-17)20(25)13-22(4)12-19(24)21-18-8-6-7-15(2)16(18)3/h6-8,17H,5,9-14H2,1-4H3,(H,21,24)/t17-/m0/s1. The van der Waals surface area contributed by atoms with E-state index in [1.54, 1.807) is 16.8 Å². The summed E-state index contributed by atoms with van der Waals surface area (Å²) in [4.78, 5) is 28.4. The molecule has 0 unspecified atom stereocenters. The highest BCUT2D eigenvalue weighted by Gasteiger charge is 2.34. The normalized spacial score (nSPS) is 18.2. The topological polar surface area (TPSA) is 86.8 Å². The van der Waals surface area contributed by atoms with Crippen LogP contribution in [0.5, 0.6) is 0 Å². The second-order valence-corrected chi connectivity index (χ2v) is 9.84. The van der Waals surface area contributed by atoms with Crippen LogP contribution in [-0.4, -0.2) is 74.3 Å². The number of hydrogen-bond acceptors (Lipinski definition) is 5. The van der Waals surface area contributed by atoms with Crippen molar-refractivity contribution in [2.75, 3.05) is 43.5 Å². The Morgan fingerprint density at radius 3 is 2.54 bits per heavy atom. The summed E-state index contributed by atoms with van der Waals surface area (Å²) >= 11 is 0. The number of anilines is 1. The Bertz CT molecular complexity index is 823. The van der Waals surface area contributed by atoms with Gasteiger partial charge in [-0.2, -0.15) is 0 Å². The molecule has 1 N–H and O–H groups in total. The van der Waals surface area contributed by atoms with Gasteiger partial charge in [0.1, 0.15) is 0 Å². The number of benzene rings is 1. The summed E-state index contributed by atoms with van der Waals surface area (Å²) in [7, 11) is -1.34. The monoisotopic (exact) mass is 409 g/mol. The van der Waals surface area contributed by atoms with Crippen LogP contribution in [0.2, 0.25) is 0 Å². The number of amides is 2. The summed E-state index contributed by atoms with van der Waals surface area (Å²) in [5.41, 5.74) is 2.89. The lowest BCUT2D eigenvalue weighted by Gasteiger charge is -2.29. The van der Waals surface area contributed by atoms with E-state index in [0.717, 1.165) is 23.2 Å². The van der Waals surface area contributed by atoms with Gasteiger partial charge in [0, 0.05) is 18.3 Å². The Morgan fingerprint density at radius 1 is 1.21 bits per heavy atom. The van der Waals surface area contributed by atoms with Crippen LogP contribution >= 0.6 is 0 Å². The highest BCUT2D eigenvalue weighted by Crippen LogP contribution is 2.19. The summed E-state index contributed by atoms with van der Waals surface area (Å²) in [6.07, 6.45) is 1.25. The highest BCUT2D eigenvalue weighted by atomic mass is 32.2. The van der Waals surface area contributed by atoms with Gasteiger partial charge < -0.3 is 10.2 Å². The third kappa shape index (κ3) is 6.04. The molecule has 156 valence electrons. The SMILES string of the molecule is CCCN(C(=O)CN(C)CC(=O)Nc1cccc(C)c1C)[C@H]1CCS(=O)(=O)C1. The van der Waals surface area contributed by atoms with Gasteiger partial charge in [0.05, 0.1) is 24.6 Å². The highest BCUT2D eigenvalue weighted by molar-refractivity contribution is 7.91. The van der Waals surface area contributed by atoms with Crippen LogP contribution < -0.4 is 5.32 Å². The third-order valence-electron chi connectivity index (χ3n) is 5.13. The van der Waals surface area contributed by atoms with Gasteiger partial charge in [-0.3, -0.25) is 14.5 Å². The van der Waals surface area contributed by atoms with E-state index in [4.69, 9.17) is 0 Å². The quantitative estimate of drug-likeness (QED) is 0.705. The van der Waals surface area contributed by atoms with Crippen molar-refractivity contribution in [3.63, 3.8) is 0 Å². The molecule has 1 aliphatic rings. The molecule has 1 aliphatic heterocycles. The van der Waals surface area contributed by atoms with Gasteiger partial charge in [-0.25, -0.2) is 8.42 Å². The molecule has 8 heteroatoms. The van der Waals surface area contributed by atoms with Crippen molar-refractivity contribution >= 4 is 27.3 Å². The lowest BCUT2D eigenvalue weighted by atomic mass is 10.1. The second kappa shape index (κ2) is 9.52. The van der Waals surface area contributed by atoms with E-state index in [0.29, 0.717) is 13.0 Å². The number of nitrogens with one attached hydrogen (secondary N) is 1. The molecule has 0 spiro atoms. The minimum atomic E-state index is -3.05. The van der Waals surface area contributed by atoms with Crippen molar-refractivity contribution in [1.82, 2.24) is 9.80 Å². The van der Waals surface area contributed by atoms with Crippen molar-refractivity contribution in [3.05, 3.63) is 29.3 Å². The minimum Gasteiger partial charge on any atom is -0.338 e. The van der Waals surface area contributed by atoms with Crippen LogP contribution in [0.1, 0.15) is 30.9 Å². The molecular formula is C20H31N3O4S. The van der Waals surface area contributed by atoms with E-state index in [1.165, 1.54) is 0 Å². The van der Waals surface area contributed by atoms with Gasteiger partial charge in [-0.1, -0.05) is 19.1 Å². The maximum atomic E-state index is 12.7. The molecule has 1 atom stereocenters. The minimum absolute atomic E-state index is 0.0373. The average Bonchev–Trinajstić information content (AvgIpc) is 2.96. The molecule has 1 heterocycles. The van der Waals surface area contributed by atoms with E-state index >= 15 is 0 Å². The zero-order valence-corrected chi connectivity index (χ0v) is 18.0. The molecule has 1 fully saturated rings. The fraction of sp³-hybridized carbons (Fsp3) is 0.600. The summed E-state index contributed by atoms with van der Waals surface area (Å²) in [6, 6.07) is 5.48. The molecule has 0 saturated carbocycles. The number of rotatable bonds is 8. The van der Waals surface area contributed by atoms with Crippen LogP contribution in [0.25, 0.3) is 0 Å². The lowest BCUT2D eigenvalue weighted by Crippen LogP contribution is -2.47. The first kappa shape index (κ1) is 22.4. The molecular weight excluding hydrogens is 378 g/mol. The molecule has 0 aromatic heterocycles. The Labute approximate surface area is 168 Å². The van der Waals surface area contributed by atoms with E-state index < -0.39 is 9.84 Å². The number of hydrogen-bond donors (Lipinski definition) is 1. The first-order valence-corrected chi connectivity index (χ1v) is 11.5. The van der Waals surface area contributed by atoms with Crippen LogP contribution in [0, 0.1) is 13.8 Å². The van der Waals surface area contributed by atoms with Crippen LogP contribution in [0.3, 0.4) is 0 Å². The summed E-state index contributed by atoms with van der Waals surface area (Å²) in [6.45, 7) is 6.60. The molecule has 0 aliphatic carbocycles. The maximum Gasteiger partial charge on any atom is 0.238 e. The molecule has 0 radical (unpaired) electrons. The Hall–Kier alpha value is -1.93. The van der Waals surface area contributed by atoms with Crippen LogP contribution in [0.4, 0.5) is 5.69 Å². The van der Waals surface area contributed by atoms with E-state index in [-0.39, 0.29) is 42.5 Å². The van der Waals surface area contributed by atoms with Crippen molar-refractivity contribution in [1.29, 1.82) is 0 Å². The second-order valence-electron chi connectivity index (χ2n) is 7.61. The number of likely N-dealkylation sites (N-methyl/N-ethyl adjacent to an activating group) is 1. The third-order valence-corrected chi connectivity index (χ3v) is 6.88. The largest absolute Gasteiger partial charge is 0.338 e. The van der Waals surface area contributed by atoms with Gasteiger partial charge in [0.15, 0.2) is 9.84 Å². The number of sulfone groups is 1. The zero-order valence-electron chi connectivity index (χ0n) is 17.2. The van der Waals surface area contributed by atoms with Crippen LogP contribution in [-0.2, 0) is 19.4 Å². The maximum absolute atomic E-state index is 12.7. The predicted molar refractivity (Wildman–Crippen MR) is 111 cm³/mol. The Morgan fingerprint density at radius 2 is 1.93 bits per heavy atom. The molecule has 1 aromatic rings. The van der Waals surface area contributed by atoms with Gasteiger partial charge >= 0.3 is 0 Å².